The predicted octanol–water partition coefficient (Wildman–Crippen LogP) is 2.43. The van der Waals surface area contributed by atoms with Crippen LogP contribution in [0.15, 0.2) is 35.7 Å². The van der Waals surface area contributed by atoms with E-state index >= 15 is 0 Å². The van der Waals surface area contributed by atoms with Crippen molar-refractivity contribution in [2.75, 3.05) is 0 Å². The van der Waals surface area contributed by atoms with E-state index in [0.717, 1.165) is 4.90 Å². The minimum absolute atomic E-state index is 0.281. The number of rotatable bonds is 2. The van der Waals surface area contributed by atoms with Crippen LogP contribution in [0.2, 0.25) is 0 Å². The van der Waals surface area contributed by atoms with Gasteiger partial charge in [0.1, 0.15) is 5.75 Å². The van der Waals surface area contributed by atoms with Crippen LogP contribution in [0.3, 0.4) is 0 Å². The first-order valence-corrected chi connectivity index (χ1v) is 3.63. The van der Waals surface area contributed by atoms with Crippen LogP contribution in [0, 0.1) is 5.41 Å². The van der Waals surface area contributed by atoms with Crippen LogP contribution in [-0.2, 0) is 0 Å². The summed E-state index contributed by atoms with van der Waals surface area (Å²) in [6.07, 6.45) is 0. The number of hydrogen-bond acceptors (Lipinski definition) is 2. The Balaban J connectivity index is 2.91. The van der Waals surface area contributed by atoms with Gasteiger partial charge in [-0.05, 0) is 12.1 Å². The highest BCUT2D eigenvalue weighted by molar-refractivity contribution is 8.01. The Morgan fingerprint density at radius 2 is 2.10 bits per heavy atom. The molecule has 0 aliphatic carbocycles. The lowest BCUT2D eigenvalue weighted by atomic mass is 10.3. The summed E-state index contributed by atoms with van der Waals surface area (Å²) in [5, 5.41) is 11.8. The van der Waals surface area contributed by atoms with E-state index in [1.807, 2.05) is 12.1 Å². The summed E-state index contributed by atoms with van der Waals surface area (Å²) in [7, 11) is 0. The summed E-state index contributed by atoms with van der Waals surface area (Å²) < 4.78 is 0. The molecule has 0 unspecified atom stereocenters. The smallest absolute Gasteiger partial charge is 0.129 e. The third-order valence-electron chi connectivity index (χ3n) is 1.05. The fraction of sp³-hybridized carbons (Fsp3) is 0. The first-order valence-electron chi connectivity index (χ1n) is 2.81. The van der Waals surface area contributed by atoms with Crippen molar-refractivity contribution >= 4 is 11.8 Å². The van der Waals surface area contributed by atoms with Crippen molar-refractivity contribution in [3.63, 3.8) is 0 Å². The molecule has 0 saturated carbocycles. The summed E-state index contributed by atoms with van der Waals surface area (Å²) in [6.45, 7) is 3.42. The van der Waals surface area contributed by atoms with E-state index in [4.69, 9.17) is 5.11 Å². The number of benzene rings is 1. The summed E-state index contributed by atoms with van der Waals surface area (Å²) >= 11 is 1.29. The Morgan fingerprint density at radius 1 is 1.40 bits per heavy atom. The number of thioether (sulfide) groups is 1. The van der Waals surface area contributed by atoms with Crippen LogP contribution in [0.5, 0.6) is 5.75 Å². The van der Waals surface area contributed by atoms with Crippen LogP contribution in [0.1, 0.15) is 0 Å². The van der Waals surface area contributed by atoms with Crippen molar-refractivity contribution in [2.45, 2.75) is 4.90 Å². The van der Waals surface area contributed by atoms with Crippen molar-refractivity contribution in [3.8, 4) is 5.75 Å². The maximum absolute atomic E-state index is 9.15. The number of phenolic OH excluding ortho intramolecular Hbond substituents is 1. The number of phenols is 1. The lowest BCUT2D eigenvalue weighted by Gasteiger charge is -1.96. The molecule has 0 bridgehead atoms. The number of hydrogen-bond donors (Lipinski definition) is 1. The largest absolute Gasteiger partial charge is 0.507 e. The zero-order valence-corrected chi connectivity index (χ0v) is 6.19. The topological polar surface area (TPSA) is 20.2 Å². The van der Waals surface area contributed by atoms with Gasteiger partial charge in [0.2, 0.25) is 0 Å². The third-order valence-corrected chi connectivity index (χ3v) is 1.76. The van der Waals surface area contributed by atoms with Gasteiger partial charge in [0.25, 0.3) is 0 Å². The average molecular weight is 151 g/mol. The quantitative estimate of drug-likeness (QED) is 0.655. The summed E-state index contributed by atoms with van der Waals surface area (Å²) in [6, 6.07) is 7.10. The lowest BCUT2D eigenvalue weighted by molar-refractivity contribution is 0.462. The second-order valence-corrected chi connectivity index (χ2v) is 2.65. The highest BCUT2D eigenvalue weighted by Gasteiger charge is 1.95. The molecule has 1 nitrogen and oxygen atoms in total. The minimum atomic E-state index is 0.281. The van der Waals surface area contributed by atoms with Crippen molar-refractivity contribution in [1.29, 1.82) is 0 Å². The minimum Gasteiger partial charge on any atom is -0.507 e. The predicted molar refractivity (Wildman–Crippen MR) is 42.8 cm³/mol. The molecule has 0 saturated heterocycles. The zero-order valence-electron chi connectivity index (χ0n) is 5.37. The van der Waals surface area contributed by atoms with Gasteiger partial charge in [0, 0.05) is 5.41 Å². The van der Waals surface area contributed by atoms with Gasteiger partial charge < -0.3 is 5.11 Å². The summed E-state index contributed by atoms with van der Waals surface area (Å²) in [4.78, 5) is 0.789. The van der Waals surface area contributed by atoms with Crippen molar-refractivity contribution in [3.05, 3.63) is 36.3 Å². The van der Waals surface area contributed by atoms with E-state index in [9.17, 15) is 0 Å². The van der Waals surface area contributed by atoms with Gasteiger partial charge in [0.15, 0.2) is 0 Å². The fourth-order valence-electron chi connectivity index (χ4n) is 0.621. The molecule has 0 aliphatic rings. The number of aromatic hydroxyl groups is 1. The molecule has 1 aromatic rings. The fourth-order valence-corrected chi connectivity index (χ4v) is 1.10. The molecule has 1 N–H and O–H groups in total. The maximum Gasteiger partial charge on any atom is 0.129 e. The summed E-state index contributed by atoms with van der Waals surface area (Å²) in [5.41, 5.74) is 0. The zero-order chi connectivity index (χ0) is 7.40. The number of para-hydroxylation sites is 1. The molecule has 1 aromatic carbocycles. The molecule has 1 radical (unpaired) electrons. The van der Waals surface area contributed by atoms with Gasteiger partial charge in [-0.25, -0.2) is 0 Å². The third kappa shape index (κ3) is 1.54. The molecule has 0 spiro atoms. The van der Waals surface area contributed by atoms with Gasteiger partial charge in [-0.15, -0.1) is 0 Å². The maximum atomic E-state index is 9.15. The Kier molecular flexibility index (Phi) is 2.40. The van der Waals surface area contributed by atoms with Gasteiger partial charge in [0.05, 0.1) is 4.90 Å². The standard InChI is InChI=1S/C8H7OS/c1-2-10-8-6-4-3-5-7(8)9/h3-6,9H,1H2. The second kappa shape index (κ2) is 3.32. The highest BCUT2D eigenvalue weighted by atomic mass is 32.2. The van der Waals surface area contributed by atoms with E-state index in [-0.39, 0.29) is 5.75 Å². The van der Waals surface area contributed by atoms with Crippen molar-refractivity contribution in [2.24, 2.45) is 0 Å². The van der Waals surface area contributed by atoms with E-state index < -0.39 is 0 Å². The monoisotopic (exact) mass is 151 g/mol. The van der Waals surface area contributed by atoms with Gasteiger partial charge in [-0.3, -0.25) is 0 Å². The molecule has 0 atom stereocenters. The van der Waals surface area contributed by atoms with E-state index in [1.165, 1.54) is 11.8 Å². The SMILES string of the molecule is C=[C]Sc1ccccc1O. The Morgan fingerprint density at radius 3 is 2.70 bits per heavy atom. The van der Waals surface area contributed by atoms with Gasteiger partial charge >= 0.3 is 0 Å². The van der Waals surface area contributed by atoms with Crippen molar-refractivity contribution in [1.82, 2.24) is 0 Å². The molecular formula is C8H7OS. The lowest BCUT2D eigenvalue weighted by Crippen LogP contribution is -1.68. The van der Waals surface area contributed by atoms with E-state index in [2.05, 4.69) is 12.0 Å². The Hall–Kier alpha value is -0.890. The van der Waals surface area contributed by atoms with Crippen LogP contribution in [-0.4, -0.2) is 5.11 Å². The first-order chi connectivity index (χ1) is 4.84. The molecule has 0 aromatic heterocycles. The normalized spacial score (nSPS) is 9.20. The van der Waals surface area contributed by atoms with Crippen LogP contribution in [0.25, 0.3) is 0 Å². The van der Waals surface area contributed by atoms with Crippen LogP contribution >= 0.6 is 11.8 Å². The molecule has 2 heteroatoms. The Bertz CT molecular complexity index is 232. The van der Waals surface area contributed by atoms with Gasteiger partial charge in [-0.1, -0.05) is 30.5 Å². The van der Waals surface area contributed by atoms with Crippen molar-refractivity contribution < 1.29 is 5.11 Å². The molecule has 0 heterocycles. The molecular weight excluding hydrogens is 144 g/mol. The van der Waals surface area contributed by atoms with Gasteiger partial charge in [-0.2, -0.15) is 0 Å². The Labute approximate surface area is 64.4 Å². The molecule has 10 heavy (non-hydrogen) atoms. The first kappa shape index (κ1) is 7.22. The highest BCUT2D eigenvalue weighted by Crippen LogP contribution is 2.26. The molecule has 0 amide bonds. The van der Waals surface area contributed by atoms with Crippen LogP contribution in [0.4, 0.5) is 0 Å². The molecule has 0 aliphatic heterocycles. The van der Waals surface area contributed by atoms with Crippen LogP contribution < -0.4 is 0 Å². The second-order valence-electron chi connectivity index (χ2n) is 1.71. The average Bonchev–Trinajstić information content (AvgIpc) is 1.94. The van der Waals surface area contributed by atoms with E-state index in [0.29, 0.717) is 0 Å². The molecule has 0 fully saturated rings. The van der Waals surface area contributed by atoms with E-state index in [1.54, 1.807) is 12.1 Å². The molecule has 1 rings (SSSR count). The molecule has 51 valence electrons. The summed E-state index contributed by atoms with van der Waals surface area (Å²) in [5.74, 6) is 0.281.